The van der Waals surface area contributed by atoms with Gasteiger partial charge < -0.3 is 24.4 Å². The minimum absolute atomic E-state index is 0.0524. The number of amides is 1. The number of carbonyl (C=O) groups excluding carboxylic acids is 1. The highest BCUT2D eigenvalue weighted by atomic mass is 35.5. The van der Waals surface area contributed by atoms with Crippen LogP contribution in [0, 0.1) is 5.92 Å². The molecule has 2 aromatic rings. The second kappa shape index (κ2) is 9.32. The molecule has 3 heterocycles. The van der Waals surface area contributed by atoms with Crippen LogP contribution in [-0.4, -0.2) is 43.9 Å². The van der Waals surface area contributed by atoms with Gasteiger partial charge >= 0.3 is 6.18 Å². The molecule has 0 radical (unpaired) electrons. The molecule has 4 rings (SSSR count). The Labute approximate surface area is 187 Å². The lowest BCUT2D eigenvalue weighted by Gasteiger charge is -2.32. The van der Waals surface area contributed by atoms with E-state index in [9.17, 15) is 18.0 Å². The molecule has 172 valence electrons. The number of carbonyl (C=O) groups is 1. The van der Waals surface area contributed by atoms with E-state index < -0.39 is 11.7 Å². The van der Waals surface area contributed by atoms with Gasteiger partial charge in [0.15, 0.2) is 11.5 Å². The average Bonchev–Trinajstić information content (AvgIpc) is 3.24. The molecule has 0 saturated carbocycles. The van der Waals surface area contributed by atoms with Gasteiger partial charge in [0.1, 0.15) is 18.2 Å². The summed E-state index contributed by atoms with van der Waals surface area (Å²) in [5.41, 5.74) is -0.886. The molecular formula is C21H21ClF3N3O4. The quantitative estimate of drug-likeness (QED) is 0.644. The summed E-state index contributed by atoms with van der Waals surface area (Å²) < 4.78 is 54.5. The molecule has 2 aliphatic rings. The van der Waals surface area contributed by atoms with Crippen LogP contribution in [-0.2, 0) is 11.0 Å². The van der Waals surface area contributed by atoms with Crippen molar-refractivity contribution in [3.8, 4) is 17.2 Å². The van der Waals surface area contributed by atoms with Crippen LogP contribution in [0.1, 0.15) is 18.4 Å². The van der Waals surface area contributed by atoms with Gasteiger partial charge in [0.05, 0.1) is 17.1 Å². The van der Waals surface area contributed by atoms with E-state index in [0.29, 0.717) is 62.1 Å². The third-order valence-electron chi connectivity index (χ3n) is 5.33. The SMILES string of the molecule is O=C(NCCOc1ccc2c(c1)OCO2)C1CCN(c2ncc(C(F)(F)F)cc2Cl)CC1. The molecule has 1 amide bonds. The lowest BCUT2D eigenvalue weighted by atomic mass is 9.96. The van der Waals surface area contributed by atoms with E-state index in [1.807, 2.05) is 0 Å². The Hall–Kier alpha value is -2.88. The molecule has 0 aliphatic carbocycles. The number of halogens is 4. The number of alkyl halides is 3. The van der Waals surface area contributed by atoms with Crippen molar-refractivity contribution in [3.63, 3.8) is 0 Å². The maximum Gasteiger partial charge on any atom is 0.417 e. The molecule has 1 N–H and O–H groups in total. The number of nitrogens with zero attached hydrogens (tertiary/aromatic N) is 2. The largest absolute Gasteiger partial charge is 0.492 e. The van der Waals surface area contributed by atoms with Gasteiger partial charge in [-0.05, 0) is 31.0 Å². The third-order valence-corrected chi connectivity index (χ3v) is 5.61. The van der Waals surface area contributed by atoms with Crippen LogP contribution in [0.15, 0.2) is 30.5 Å². The number of piperidine rings is 1. The van der Waals surface area contributed by atoms with Gasteiger partial charge in [-0.3, -0.25) is 4.79 Å². The first kappa shape index (κ1) is 22.3. The number of benzene rings is 1. The fourth-order valence-corrected chi connectivity index (χ4v) is 3.91. The summed E-state index contributed by atoms with van der Waals surface area (Å²) >= 11 is 6.02. The van der Waals surface area contributed by atoms with Gasteiger partial charge in [-0.1, -0.05) is 11.6 Å². The van der Waals surface area contributed by atoms with E-state index in [0.717, 1.165) is 12.3 Å². The Kier molecular flexibility index (Phi) is 6.50. The molecule has 2 aliphatic heterocycles. The second-order valence-electron chi connectivity index (χ2n) is 7.44. The minimum atomic E-state index is -4.49. The highest BCUT2D eigenvalue weighted by molar-refractivity contribution is 6.33. The van der Waals surface area contributed by atoms with E-state index in [2.05, 4.69) is 10.3 Å². The summed E-state index contributed by atoms with van der Waals surface area (Å²) in [6, 6.07) is 6.15. The molecular weight excluding hydrogens is 451 g/mol. The van der Waals surface area contributed by atoms with Crippen LogP contribution in [0.25, 0.3) is 0 Å². The van der Waals surface area contributed by atoms with Crippen molar-refractivity contribution in [1.82, 2.24) is 10.3 Å². The summed E-state index contributed by atoms with van der Waals surface area (Å²) in [6.45, 7) is 1.79. The molecule has 1 saturated heterocycles. The zero-order valence-corrected chi connectivity index (χ0v) is 17.7. The van der Waals surface area contributed by atoms with E-state index in [1.54, 1.807) is 23.1 Å². The number of aromatic nitrogens is 1. The van der Waals surface area contributed by atoms with Crippen LogP contribution in [0.5, 0.6) is 17.2 Å². The molecule has 1 fully saturated rings. The Morgan fingerprint density at radius 2 is 1.97 bits per heavy atom. The van der Waals surface area contributed by atoms with Gasteiger partial charge in [0.2, 0.25) is 12.7 Å². The third kappa shape index (κ3) is 5.12. The van der Waals surface area contributed by atoms with E-state index >= 15 is 0 Å². The number of fused-ring (bicyclic) bond motifs is 1. The van der Waals surface area contributed by atoms with Gasteiger partial charge in [0, 0.05) is 31.3 Å². The molecule has 1 aromatic carbocycles. The Balaban J connectivity index is 1.21. The Morgan fingerprint density at radius 1 is 1.22 bits per heavy atom. The van der Waals surface area contributed by atoms with Crippen molar-refractivity contribution < 1.29 is 32.2 Å². The number of ether oxygens (including phenoxy) is 3. The molecule has 0 atom stereocenters. The summed E-state index contributed by atoms with van der Waals surface area (Å²) in [5, 5.41) is 2.81. The number of hydrogen-bond donors (Lipinski definition) is 1. The summed E-state index contributed by atoms with van der Waals surface area (Å²) in [6.07, 6.45) is -2.62. The zero-order valence-electron chi connectivity index (χ0n) is 17.0. The zero-order chi connectivity index (χ0) is 22.7. The van der Waals surface area contributed by atoms with Gasteiger partial charge in [0.25, 0.3) is 0 Å². The monoisotopic (exact) mass is 471 g/mol. The number of rotatable bonds is 6. The number of nitrogens with one attached hydrogen (secondary N) is 1. The highest BCUT2D eigenvalue weighted by Gasteiger charge is 2.33. The van der Waals surface area contributed by atoms with E-state index in [4.69, 9.17) is 25.8 Å². The standard InChI is InChI=1S/C21H21ClF3N3O4/c22-16-9-14(21(23,24)25)11-27-19(16)28-6-3-13(4-7-28)20(29)26-5-8-30-15-1-2-17-18(10-15)32-12-31-17/h1-2,9-11,13H,3-8,12H2,(H,26,29). The van der Waals surface area contributed by atoms with Crippen LogP contribution in [0.4, 0.5) is 19.0 Å². The molecule has 1 aromatic heterocycles. The van der Waals surface area contributed by atoms with E-state index in [-0.39, 0.29) is 23.6 Å². The van der Waals surface area contributed by atoms with Gasteiger partial charge in [-0.15, -0.1) is 0 Å². The van der Waals surface area contributed by atoms with Crippen molar-refractivity contribution in [2.24, 2.45) is 5.92 Å². The van der Waals surface area contributed by atoms with Crippen molar-refractivity contribution in [1.29, 1.82) is 0 Å². The van der Waals surface area contributed by atoms with Crippen molar-refractivity contribution in [2.75, 3.05) is 37.9 Å². The normalized spacial score (nSPS) is 16.2. The lowest BCUT2D eigenvalue weighted by molar-refractivity contribution is -0.137. The van der Waals surface area contributed by atoms with Gasteiger partial charge in [-0.25, -0.2) is 4.98 Å². The van der Waals surface area contributed by atoms with Gasteiger partial charge in [-0.2, -0.15) is 13.2 Å². The smallest absolute Gasteiger partial charge is 0.417 e. The van der Waals surface area contributed by atoms with Crippen LogP contribution in [0.2, 0.25) is 5.02 Å². The molecule has 7 nitrogen and oxygen atoms in total. The van der Waals surface area contributed by atoms with Crippen molar-refractivity contribution in [2.45, 2.75) is 19.0 Å². The second-order valence-corrected chi connectivity index (χ2v) is 7.85. The lowest BCUT2D eigenvalue weighted by Crippen LogP contribution is -2.41. The predicted molar refractivity (Wildman–Crippen MR) is 110 cm³/mol. The predicted octanol–water partition coefficient (Wildman–Crippen LogP) is 3.89. The Bertz CT molecular complexity index is 981. The average molecular weight is 472 g/mol. The fraction of sp³-hybridized carbons (Fsp3) is 0.429. The summed E-state index contributed by atoms with van der Waals surface area (Å²) in [7, 11) is 0. The van der Waals surface area contributed by atoms with Crippen LogP contribution in [0.3, 0.4) is 0 Å². The topological polar surface area (TPSA) is 72.9 Å². The van der Waals surface area contributed by atoms with E-state index in [1.165, 1.54) is 0 Å². The molecule has 0 bridgehead atoms. The molecule has 0 unspecified atom stereocenters. The molecule has 11 heteroatoms. The first-order valence-electron chi connectivity index (χ1n) is 10.1. The first-order valence-corrected chi connectivity index (χ1v) is 10.5. The summed E-state index contributed by atoms with van der Waals surface area (Å²) in [5.74, 6) is 1.95. The fourth-order valence-electron chi connectivity index (χ4n) is 3.63. The Morgan fingerprint density at radius 3 is 2.69 bits per heavy atom. The number of anilines is 1. The van der Waals surface area contributed by atoms with Crippen molar-refractivity contribution in [3.05, 3.63) is 41.0 Å². The number of pyridine rings is 1. The minimum Gasteiger partial charge on any atom is -0.492 e. The highest BCUT2D eigenvalue weighted by Crippen LogP contribution is 2.36. The number of hydrogen-bond acceptors (Lipinski definition) is 6. The van der Waals surface area contributed by atoms with Crippen LogP contribution >= 0.6 is 11.6 Å². The maximum absolute atomic E-state index is 12.8. The first-order chi connectivity index (χ1) is 15.3. The summed E-state index contributed by atoms with van der Waals surface area (Å²) in [4.78, 5) is 18.1. The molecule has 0 spiro atoms. The maximum atomic E-state index is 12.8. The van der Waals surface area contributed by atoms with Crippen LogP contribution < -0.4 is 24.4 Å². The molecule has 32 heavy (non-hydrogen) atoms. The van der Waals surface area contributed by atoms with Crippen molar-refractivity contribution >= 4 is 23.3 Å².